The Labute approximate surface area is 319 Å². The molecule has 0 aliphatic rings. The van der Waals surface area contributed by atoms with Crippen LogP contribution < -0.4 is 0 Å². The highest BCUT2D eigenvalue weighted by molar-refractivity contribution is 5.27. The lowest BCUT2D eigenvalue weighted by atomic mass is 9.78. The fourth-order valence-corrected chi connectivity index (χ4v) is 8.48. The van der Waals surface area contributed by atoms with Crippen LogP contribution in [0.5, 0.6) is 0 Å². The molecule has 0 unspecified atom stereocenters. The molecule has 2 aromatic carbocycles. The summed E-state index contributed by atoms with van der Waals surface area (Å²) in [5.41, 5.74) is 2.38. The first-order valence-electron chi connectivity index (χ1n) is 23.0. The predicted molar refractivity (Wildman–Crippen MR) is 228 cm³/mol. The topological polar surface area (TPSA) is 9.23 Å². The van der Waals surface area contributed by atoms with Gasteiger partial charge in [0, 0.05) is 0 Å². The normalized spacial score (nSPS) is 12.2. The van der Waals surface area contributed by atoms with E-state index in [4.69, 9.17) is 4.74 Å². The highest BCUT2D eigenvalue weighted by atomic mass is 16.5. The van der Waals surface area contributed by atoms with Crippen LogP contribution in [0.25, 0.3) is 0 Å². The molecule has 0 saturated carbocycles. The van der Waals surface area contributed by atoms with Crippen LogP contribution in [0.1, 0.15) is 244 Å². The summed E-state index contributed by atoms with van der Waals surface area (Å²) in [4.78, 5) is 0. The van der Waals surface area contributed by atoms with Gasteiger partial charge in [-0.15, -0.1) is 0 Å². The standard InChI is InChI=1S/C50H86O/c1-5-9-13-17-21-25-35-43-49(47-39-31-29-32-40-47,44-36-26-22-18-14-10-6-2)51-50(48-41-33-30-34-42-48,45-37-27-23-19-15-11-7-3)46-38-28-24-20-16-12-8-4/h29-34,39-42H,5-28,35-38,43-46H2,1-4H3. The number of hydrogen-bond donors (Lipinski definition) is 0. The minimum Gasteiger partial charge on any atom is -0.359 e. The van der Waals surface area contributed by atoms with Gasteiger partial charge in [-0.3, -0.25) is 0 Å². The molecule has 0 aliphatic heterocycles. The molecule has 0 aromatic heterocycles. The molecular weight excluding hydrogens is 617 g/mol. The Kier molecular flexibility index (Phi) is 27.5. The van der Waals surface area contributed by atoms with Gasteiger partial charge in [0.15, 0.2) is 0 Å². The largest absolute Gasteiger partial charge is 0.359 e. The Balaban J connectivity index is 2.44. The molecule has 2 aromatic rings. The van der Waals surface area contributed by atoms with Crippen LogP contribution in [0.3, 0.4) is 0 Å². The molecule has 0 bridgehead atoms. The summed E-state index contributed by atoms with van der Waals surface area (Å²) in [5.74, 6) is 0. The second-order valence-corrected chi connectivity index (χ2v) is 16.3. The van der Waals surface area contributed by atoms with Gasteiger partial charge < -0.3 is 4.74 Å². The van der Waals surface area contributed by atoms with E-state index in [9.17, 15) is 0 Å². The predicted octanol–water partition coefficient (Wildman–Crippen LogP) is 17.4. The van der Waals surface area contributed by atoms with E-state index in [0.29, 0.717) is 0 Å². The van der Waals surface area contributed by atoms with Gasteiger partial charge in [0.25, 0.3) is 0 Å². The van der Waals surface area contributed by atoms with Crippen LogP contribution in [0, 0.1) is 0 Å². The van der Waals surface area contributed by atoms with Crippen molar-refractivity contribution in [1.82, 2.24) is 0 Å². The fourth-order valence-electron chi connectivity index (χ4n) is 8.48. The Bertz CT molecular complexity index is 879. The van der Waals surface area contributed by atoms with Crippen LogP contribution in [0.4, 0.5) is 0 Å². The van der Waals surface area contributed by atoms with Gasteiger partial charge in [0.1, 0.15) is 0 Å². The molecule has 0 heterocycles. The maximum Gasteiger partial charge on any atom is 0.0943 e. The first kappa shape index (κ1) is 45.6. The minimum absolute atomic E-state index is 0.244. The monoisotopic (exact) mass is 703 g/mol. The summed E-state index contributed by atoms with van der Waals surface area (Å²) in [6.45, 7) is 9.31. The van der Waals surface area contributed by atoms with Crippen LogP contribution in [0.15, 0.2) is 60.7 Å². The van der Waals surface area contributed by atoms with E-state index in [1.165, 1.54) is 191 Å². The highest BCUT2D eigenvalue weighted by Crippen LogP contribution is 2.48. The van der Waals surface area contributed by atoms with Crippen LogP contribution >= 0.6 is 0 Å². The van der Waals surface area contributed by atoms with Crippen molar-refractivity contribution in [3.63, 3.8) is 0 Å². The van der Waals surface area contributed by atoms with Crippen molar-refractivity contribution in [3.8, 4) is 0 Å². The highest BCUT2D eigenvalue weighted by Gasteiger charge is 2.43. The van der Waals surface area contributed by atoms with Gasteiger partial charge in [0.2, 0.25) is 0 Å². The first-order chi connectivity index (χ1) is 25.2. The van der Waals surface area contributed by atoms with Crippen molar-refractivity contribution >= 4 is 0 Å². The van der Waals surface area contributed by atoms with Crippen LogP contribution in [-0.4, -0.2) is 0 Å². The molecule has 0 radical (unpaired) electrons. The molecule has 0 saturated heterocycles. The van der Waals surface area contributed by atoms with Crippen molar-refractivity contribution in [1.29, 1.82) is 0 Å². The second kappa shape index (κ2) is 30.8. The zero-order valence-electron chi connectivity index (χ0n) is 34.8. The van der Waals surface area contributed by atoms with Crippen molar-refractivity contribution in [2.45, 2.75) is 244 Å². The van der Waals surface area contributed by atoms with Crippen molar-refractivity contribution < 1.29 is 4.74 Å². The van der Waals surface area contributed by atoms with Gasteiger partial charge in [-0.25, -0.2) is 0 Å². The Hall–Kier alpha value is -1.60. The summed E-state index contributed by atoms with van der Waals surface area (Å²) in [5, 5.41) is 0. The molecule has 0 aliphatic carbocycles. The van der Waals surface area contributed by atoms with Crippen molar-refractivity contribution in [3.05, 3.63) is 71.8 Å². The Morgan fingerprint density at radius 1 is 0.294 bits per heavy atom. The average Bonchev–Trinajstić information content (AvgIpc) is 3.16. The first-order valence-corrected chi connectivity index (χ1v) is 23.0. The summed E-state index contributed by atoms with van der Waals surface area (Å²) in [6, 6.07) is 23.2. The molecule has 292 valence electrons. The number of unbranched alkanes of at least 4 members (excludes halogenated alkanes) is 24. The molecular formula is C50H86O. The molecule has 0 N–H and O–H groups in total. The van der Waals surface area contributed by atoms with Gasteiger partial charge in [-0.1, -0.05) is 268 Å². The molecule has 0 amide bonds. The third-order valence-electron chi connectivity index (χ3n) is 11.7. The summed E-state index contributed by atoms with van der Waals surface area (Å²) >= 11 is 0. The molecule has 0 spiro atoms. The lowest BCUT2D eigenvalue weighted by Crippen LogP contribution is -2.42. The second-order valence-electron chi connectivity index (χ2n) is 16.3. The van der Waals surface area contributed by atoms with E-state index in [0.717, 1.165) is 25.7 Å². The van der Waals surface area contributed by atoms with Gasteiger partial charge >= 0.3 is 0 Å². The maximum atomic E-state index is 8.18. The summed E-state index contributed by atoms with van der Waals surface area (Å²) in [6.07, 6.45) is 42.3. The third-order valence-corrected chi connectivity index (χ3v) is 11.7. The average molecular weight is 703 g/mol. The number of hydrogen-bond acceptors (Lipinski definition) is 1. The SMILES string of the molecule is CCCCCCCCCC(CCCCCCCCC)(OC(CCCCCCCCC)(CCCCCCCCC)c1ccccc1)c1ccccc1. The molecule has 1 nitrogen and oxygen atoms in total. The van der Waals surface area contributed by atoms with Crippen molar-refractivity contribution in [2.24, 2.45) is 0 Å². The molecule has 1 heteroatoms. The molecule has 2 rings (SSSR count). The maximum absolute atomic E-state index is 8.18. The Morgan fingerprint density at radius 3 is 0.745 bits per heavy atom. The van der Waals surface area contributed by atoms with E-state index in [1.807, 2.05) is 0 Å². The van der Waals surface area contributed by atoms with Crippen molar-refractivity contribution in [2.75, 3.05) is 0 Å². The van der Waals surface area contributed by atoms with E-state index < -0.39 is 0 Å². The van der Waals surface area contributed by atoms with Gasteiger partial charge in [-0.05, 0) is 36.8 Å². The van der Waals surface area contributed by atoms with E-state index >= 15 is 0 Å². The fraction of sp³-hybridized carbons (Fsp3) is 0.760. The summed E-state index contributed by atoms with van der Waals surface area (Å²) < 4.78 is 8.18. The smallest absolute Gasteiger partial charge is 0.0943 e. The number of rotatable bonds is 36. The minimum atomic E-state index is -0.244. The zero-order valence-corrected chi connectivity index (χ0v) is 34.8. The molecule has 0 atom stereocenters. The Morgan fingerprint density at radius 2 is 0.510 bits per heavy atom. The van der Waals surface area contributed by atoms with Crippen LogP contribution in [-0.2, 0) is 15.9 Å². The lowest BCUT2D eigenvalue weighted by Gasteiger charge is -2.46. The van der Waals surface area contributed by atoms with E-state index in [-0.39, 0.29) is 11.2 Å². The number of ether oxygens (including phenoxy) is 1. The van der Waals surface area contributed by atoms with Gasteiger partial charge in [-0.2, -0.15) is 0 Å². The molecule has 0 fully saturated rings. The molecule has 51 heavy (non-hydrogen) atoms. The summed E-state index contributed by atoms with van der Waals surface area (Å²) in [7, 11) is 0. The van der Waals surface area contributed by atoms with Crippen LogP contribution in [0.2, 0.25) is 0 Å². The zero-order chi connectivity index (χ0) is 36.6. The number of benzene rings is 2. The van der Waals surface area contributed by atoms with E-state index in [1.54, 1.807) is 0 Å². The third kappa shape index (κ3) is 19.9. The van der Waals surface area contributed by atoms with Gasteiger partial charge in [0.05, 0.1) is 11.2 Å². The lowest BCUT2D eigenvalue weighted by molar-refractivity contribution is -0.187. The quantitative estimate of drug-likeness (QED) is 0.0642. The van der Waals surface area contributed by atoms with E-state index in [2.05, 4.69) is 88.4 Å².